The third-order valence-corrected chi connectivity index (χ3v) is 13.0. The van der Waals surface area contributed by atoms with E-state index in [1.807, 2.05) is 6.55 Å². The van der Waals surface area contributed by atoms with Crippen LogP contribution in [0.4, 0.5) is 0 Å². The van der Waals surface area contributed by atoms with Gasteiger partial charge in [-0.05, 0) is 0 Å². The van der Waals surface area contributed by atoms with Crippen LogP contribution >= 0.6 is 0 Å². The molecule has 0 unspecified atom stereocenters. The zero-order valence-corrected chi connectivity index (χ0v) is 15.2. The van der Waals surface area contributed by atoms with E-state index in [1.54, 1.807) is 0 Å². The van der Waals surface area contributed by atoms with Gasteiger partial charge in [0.05, 0.1) is 8.07 Å². The Balaban J connectivity index is 4.82. The van der Waals surface area contributed by atoms with Crippen molar-refractivity contribution in [1.82, 2.24) is 0 Å². The largest absolute Gasteiger partial charge is 0.485 e. The molecule has 0 spiro atoms. The normalized spacial score (nSPS) is 12.1. The van der Waals surface area contributed by atoms with Crippen LogP contribution in [0.1, 0.15) is 34.6 Å². The fourth-order valence-electron chi connectivity index (χ4n) is 2.50. The molecule has 0 radical (unpaired) electrons. The van der Waals surface area contributed by atoms with Gasteiger partial charge in [-0.3, -0.25) is 9.59 Å². The minimum atomic E-state index is -2.70. The molecule has 19 heavy (non-hydrogen) atoms. The van der Waals surface area contributed by atoms with Crippen LogP contribution in [0.5, 0.6) is 0 Å². The number of hydrogen-bond acceptors (Lipinski definition) is 4. The fourth-order valence-corrected chi connectivity index (χ4v) is 10.5. The molecule has 0 saturated carbocycles. The molecule has 0 fully saturated rings. The number of rotatable bonds is 8. The highest BCUT2D eigenvalue weighted by Crippen LogP contribution is 2.30. The Kier molecular flexibility index (Phi) is 7.58. The van der Waals surface area contributed by atoms with Gasteiger partial charge in [0.2, 0.25) is 0 Å². The van der Waals surface area contributed by atoms with Crippen LogP contribution in [-0.2, 0) is 18.4 Å². The van der Waals surface area contributed by atoms with Gasteiger partial charge >= 0.3 is 8.56 Å². The summed E-state index contributed by atoms with van der Waals surface area (Å²) >= 11 is 0. The number of carbonyl (C=O) groups excluding carboxylic acids is 2. The molecule has 0 amide bonds. The average Bonchev–Trinajstić information content (AvgIpc) is 2.29. The smallest absolute Gasteiger partial charge is 0.460 e. The molecule has 112 valence electrons. The summed E-state index contributed by atoms with van der Waals surface area (Å²) in [5.74, 6) is -0.709. The average molecular weight is 305 g/mol. The van der Waals surface area contributed by atoms with Gasteiger partial charge in [0.1, 0.15) is 0 Å². The van der Waals surface area contributed by atoms with Gasteiger partial charge in [0.25, 0.3) is 11.9 Å². The van der Waals surface area contributed by atoms with Crippen LogP contribution < -0.4 is 0 Å². The number of carbonyl (C=O) groups is 2. The molecular weight excluding hydrogens is 276 g/mol. The highest BCUT2D eigenvalue weighted by molar-refractivity contribution is 6.81. The summed E-state index contributed by atoms with van der Waals surface area (Å²) in [7, 11) is -3.98. The van der Waals surface area contributed by atoms with E-state index in [0.717, 1.165) is 12.1 Å². The molecule has 0 aromatic rings. The molecule has 0 heterocycles. The minimum Gasteiger partial charge on any atom is -0.485 e. The first-order valence-corrected chi connectivity index (χ1v) is 12.5. The van der Waals surface area contributed by atoms with Gasteiger partial charge in [0.15, 0.2) is 0 Å². The molecule has 0 saturated heterocycles. The van der Waals surface area contributed by atoms with E-state index >= 15 is 0 Å². The van der Waals surface area contributed by atoms with Crippen molar-refractivity contribution in [3.05, 3.63) is 0 Å². The van der Waals surface area contributed by atoms with Crippen molar-refractivity contribution >= 4 is 28.6 Å². The standard InChI is InChI=1S/C13H28O4Si2/c1-7-19(8-2,9-3)11-10-18(6,16-12(4)14)17-13(5)15/h7-11H2,1-6H3. The van der Waals surface area contributed by atoms with Crippen LogP contribution in [0.25, 0.3) is 0 Å². The van der Waals surface area contributed by atoms with Crippen LogP contribution in [0.2, 0.25) is 36.8 Å². The zero-order chi connectivity index (χ0) is 15.1. The highest BCUT2D eigenvalue weighted by Gasteiger charge is 2.41. The lowest BCUT2D eigenvalue weighted by atomic mass is 10.9. The van der Waals surface area contributed by atoms with Crippen LogP contribution in [0.15, 0.2) is 0 Å². The van der Waals surface area contributed by atoms with E-state index in [2.05, 4.69) is 20.8 Å². The molecule has 0 atom stereocenters. The molecule has 6 heteroatoms. The summed E-state index contributed by atoms with van der Waals surface area (Å²) in [6.07, 6.45) is 0. The van der Waals surface area contributed by atoms with E-state index in [1.165, 1.54) is 32.0 Å². The summed E-state index contributed by atoms with van der Waals surface area (Å²) < 4.78 is 10.7. The Bertz CT molecular complexity index is 290. The molecule has 4 nitrogen and oxygen atoms in total. The van der Waals surface area contributed by atoms with E-state index in [0.29, 0.717) is 0 Å². The topological polar surface area (TPSA) is 52.6 Å². The molecule has 0 bridgehead atoms. The molecule has 0 aliphatic carbocycles. The van der Waals surface area contributed by atoms with E-state index in [-0.39, 0.29) is 11.9 Å². The summed E-state index contributed by atoms with van der Waals surface area (Å²) in [5, 5.41) is 0. The predicted octanol–water partition coefficient (Wildman–Crippen LogP) is 3.69. The Labute approximate surface area is 119 Å². The van der Waals surface area contributed by atoms with Crippen molar-refractivity contribution in [2.75, 3.05) is 0 Å². The SMILES string of the molecule is CC[Si](CC)(CC)CC[Si](C)(OC(C)=O)OC(C)=O. The van der Waals surface area contributed by atoms with Crippen LogP contribution in [0.3, 0.4) is 0 Å². The number of hydrogen-bond donors (Lipinski definition) is 0. The Morgan fingerprint density at radius 1 is 0.842 bits per heavy atom. The van der Waals surface area contributed by atoms with Gasteiger partial charge in [-0.25, -0.2) is 0 Å². The summed E-state index contributed by atoms with van der Waals surface area (Å²) in [6.45, 7) is 11.3. The van der Waals surface area contributed by atoms with Crippen molar-refractivity contribution in [2.24, 2.45) is 0 Å². The summed E-state index contributed by atoms with van der Waals surface area (Å²) in [4.78, 5) is 22.4. The quantitative estimate of drug-likeness (QED) is 0.642. The van der Waals surface area contributed by atoms with E-state index in [4.69, 9.17) is 8.85 Å². The van der Waals surface area contributed by atoms with Gasteiger partial charge in [-0.15, -0.1) is 0 Å². The lowest BCUT2D eigenvalue weighted by Crippen LogP contribution is -2.44. The second-order valence-corrected chi connectivity index (χ2v) is 14.2. The van der Waals surface area contributed by atoms with E-state index in [9.17, 15) is 9.59 Å². The predicted molar refractivity (Wildman–Crippen MR) is 82.0 cm³/mol. The maximum Gasteiger partial charge on any atom is 0.460 e. The molecule has 0 aromatic heterocycles. The molecule has 0 aliphatic rings. The second kappa shape index (κ2) is 7.84. The van der Waals surface area contributed by atoms with Crippen molar-refractivity contribution < 1.29 is 18.4 Å². The first kappa shape index (κ1) is 18.4. The van der Waals surface area contributed by atoms with Gasteiger partial charge in [0, 0.05) is 26.4 Å². The molecular formula is C13H28O4Si2. The Morgan fingerprint density at radius 2 is 1.21 bits per heavy atom. The van der Waals surface area contributed by atoms with Gasteiger partial charge in [-0.2, -0.15) is 0 Å². The van der Waals surface area contributed by atoms with Crippen LogP contribution in [-0.4, -0.2) is 28.6 Å². The monoisotopic (exact) mass is 304 g/mol. The van der Waals surface area contributed by atoms with Crippen molar-refractivity contribution in [2.45, 2.75) is 71.4 Å². The highest BCUT2D eigenvalue weighted by atomic mass is 28.4. The first-order valence-electron chi connectivity index (χ1n) is 7.11. The third-order valence-electron chi connectivity index (χ3n) is 4.08. The first-order chi connectivity index (χ1) is 8.72. The summed E-state index contributed by atoms with van der Waals surface area (Å²) in [5.41, 5.74) is 0. The maximum absolute atomic E-state index is 11.2. The van der Waals surface area contributed by atoms with Crippen LogP contribution in [0, 0.1) is 0 Å². The van der Waals surface area contributed by atoms with Gasteiger partial charge < -0.3 is 8.85 Å². The van der Waals surface area contributed by atoms with Crippen molar-refractivity contribution in [3.8, 4) is 0 Å². The molecule has 0 N–H and O–H groups in total. The maximum atomic E-state index is 11.2. The molecule has 0 rings (SSSR count). The lowest BCUT2D eigenvalue weighted by Gasteiger charge is -2.32. The Morgan fingerprint density at radius 3 is 1.47 bits per heavy atom. The van der Waals surface area contributed by atoms with Gasteiger partial charge in [-0.1, -0.05) is 44.9 Å². The second-order valence-electron chi connectivity index (χ2n) is 5.38. The van der Waals surface area contributed by atoms with Crippen molar-refractivity contribution in [3.63, 3.8) is 0 Å². The zero-order valence-electron chi connectivity index (χ0n) is 13.2. The minimum absolute atomic E-state index is 0.354. The fraction of sp³-hybridized carbons (Fsp3) is 0.846. The summed E-state index contributed by atoms with van der Waals surface area (Å²) in [6, 6.07) is 5.48. The Hall–Kier alpha value is -0.626. The van der Waals surface area contributed by atoms with Crippen molar-refractivity contribution in [1.29, 1.82) is 0 Å². The lowest BCUT2D eigenvalue weighted by molar-refractivity contribution is -0.138. The van der Waals surface area contributed by atoms with E-state index < -0.39 is 16.6 Å². The molecule has 0 aliphatic heterocycles. The molecule has 0 aromatic carbocycles. The third kappa shape index (κ3) is 6.38.